The summed E-state index contributed by atoms with van der Waals surface area (Å²) >= 11 is 0. The molecule has 3 heterocycles. The number of fused-ring (bicyclic) bond motifs is 1. The van der Waals surface area contributed by atoms with Crippen LogP contribution in [0, 0.1) is 0 Å². The molecule has 0 saturated heterocycles. The van der Waals surface area contributed by atoms with Crippen molar-refractivity contribution in [3.63, 3.8) is 0 Å². The van der Waals surface area contributed by atoms with Gasteiger partial charge in [-0.05, 0) is 35.9 Å². The molecular formula is C18H13N6O2Rb. The first kappa shape index (κ1) is 19.6. The molecule has 1 aromatic carbocycles. The van der Waals surface area contributed by atoms with E-state index in [0.717, 1.165) is 22.6 Å². The van der Waals surface area contributed by atoms with Gasteiger partial charge in [0.1, 0.15) is 6.33 Å². The minimum absolute atomic E-state index is 0. The predicted molar refractivity (Wildman–Crippen MR) is 97.4 cm³/mol. The zero-order valence-electron chi connectivity index (χ0n) is 14.4. The van der Waals surface area contributed by atoms with E-state index in [1.165, 1.54) is 12.4 Å². The molecule has 4 aromatic rings. The molecule has 3 aromatic heterocycles. The maximum Gasteiger partial charge on any atom is 1.00 e. The molecule has 0 bridgehead atoms. The molecule has 0 atom stereocenters. The van der Waals surface area contributed by atoms with Gasteiger partial charge < -0.3 is 20.8 Å². The zero-order valence-corrected chi connectivity index (χ0v) is 19.3. The van der Waals surface area contributed by atoms with Crippen molar-refractivity contribution >= 4 is 22.9 Å². The van der Waals surface area contributed by atoms with E-state index in [4.69, 9.17) is 5.73 Å². The number of anilines is 2. The zero-order chi connectivity index (χ0) is 18.1. The molecule has 0 fully saturated rings. The maximum atomic E-state index is 11.6. The fourth-order valence-electron chi connectivity index (χ4n) is 2.69. The normalized spacial score (nSPS) is 10.4. The maximum absolute atomic E-state index is 11.6. The van der Waals surface area contributed by atoms with Crippen molar-refractivity contribution in [2.45, 2.75) is 0 Å². The van der Waals surface area contributed by atoms with E-state index in [2.05, 4.69) is 20.4 Å². The van der Waals surface area contributed by atoms with Gasteiger partial charge in [0.25, 0.3) is 0 Å². The Morgan fingerprint density at radius 3 is 2.59 bits per heavy atom. The van der Waals surface area contributed by atoms with Gasteiger partial charge in [-0.15, -0.1) is 0 Å². The molecule has 0 aliphatic rings. The number of aromatic nitrogens is 4. The van der Waals surface area contributed by atoms with Crippen LogP contribution in [0.2, 0.25) is 0 Å². The van der Waals surface area contributed by atoms with Crippen LogP contribution in [0.3, 0.4) is 0 Å². The standard InChI is InChI=1S/C18H14N6O2.Rb/c19-17(26)11-1-3-13(4-2-11)23-14-5-6-15(24-18(14)21-10-22-24)12-7-8-20-16(25)9-12;/h1-10H,(H4,19,20,23,25,26);/q;+1/p-1. The van der Waals surface area contributed by atoms with Gasteiger partial charge in [0.15, 0.2) is 5.65 Å². The summed E-state index contributed by atoms with van der Waals surface area (Å²) in [5.74, 6) is -0.724. The SMILES string of the molecule is [NH-]C(=O)c1ccc(Nc2ccc(-c3cc[nH]c(=O)c3)n3ncnc23)cc1.[Rb+]. The molecule has 0 unspecified atom stereocenters. The van der Waals surface area contributed by atoms with Gasteiger partial charge in [0.2, 0.25) is 5.56 Å². The molecule has 1 amide bonds. The summed E-state index contributed by atoms with van der Waals surface area (Å²) in [6.45, 7) is 0. The van der Waals surface area contributed by atoms with Crippen molar-refractivity contribution in [3.8, 4) is 11.3 Å². The molecule has 0 aliphatic heterocycles. The summed E-state index contributed by atoms with van der Waals surface area (Å²) in [7, 11) is 0. The summed E-state index contributed by atoms with van der Waals surface area (Å²) in [6.07, 6.45) is 3.03. The number of rotatable bonds is 4. The number of aromatic amines is 1. The minimum atomic E-state index is -0.724. The van der Waals surface area contributed by atoms with E-state index < -0.39 is 5.91 Å². The summed E-state index contributed by atoms with van der Waals surface area (Å²) < 4.78 is 1.65. The number of amides is 1. The Morgan fingerprint density at radius 2 is 1.89 bits per heavy atom. The molecule has 9 heteroatoms. The minimum Gasteiger partial charge on any atom is -0.664 e. The first-order valence-corrected chi connectivity index (χ1v) is 7.77. The summed E-state index contributed by atoms with van der Waals surface area (Å²) in [5, 5.41) is 7.47. The fourth-order valence-corrected chi connectivity index (χ4v) is 2.69. The molecule has 3 N–H and O–H groups in total. The number of benzene rings is 1. The topological polar surface area (TPSA) is 116 Å². The van der Waals surface area contributed by atoms with Crippen LogP contribution in [0.4, 0.5) is 11.4 Å². The average molecular weight is 431 g/mol. The molecule has 27 heavy (non-hydrogen) atoms. The summed E-state index contributed by atoms with van der Waals surface area (Å²) in [6, 6.07) is 13.6. The Labute approximate surface area is 202 Å². The van der Waals surface area contributed by atoms with Crippen LogP contribution < -0.4 is 69.1 Å². The van der Waals surface area contributed by atoms with Crippen LogP contribution >= 0.6 is 0 Å². The van der Waals surface area contributed by atoms with E-state index in [-0.39, 0.29) is 63.7 Å². The molecule has 8 nitrogen and oxygen atoms in total. The predicted octanol–water partition coefficient (Wildman–Crippen LogP) is 0.0246. The van der Waals surface area contributed by atoms with Crippen molar-refractivity contribution in [3.05, 3.63) is 82.7 Å². The molecule has 0 radical (unpaired) electrons. The number of H-pyrrole nitrogens is 1. The third-order valence-corrected chi connectivity index (χ3v) is 3.92. The van der Waals surface area contributed by atoms with E-state index >= 15 is 0 Å². The van der Waals surface area contributed by atoms with Gasteiger partial charge in [-0.1, -0.05) is 12.1 Å². The van der Waals surface area contributed by atoms with Gasteiger partial charge in [0.05, 0.1) is 17.3 Å². The smallest absolute Gasteiger partial charge is 0.664 e. The molecule has 0 saturated carbocycles. The van der Waals surface area contributed by atoms with Gasteiger partial charge in [0, 0.05) is 23.5 Å². The Morgan fingerprint density at radius 1 is 1.11 bits per heavy atom. The third kappa shape index (κ3) is 4.08. The number of carbonyl (C=O) groups excluding carboxylic acids is 1. The van der Waals surface area contributed by atoms with Gasteiger partial charge in [-0.3, -0.25) is 4.79 Å². The van der Waals surface area contributed by atoms with Crippen molar-refractivity contribution in [2.75, 3.05) is 5.32 Å². The third-order valence-electron chi connectivity index (χ3n) is 3.92. The summed E-state index contributed by atoms with van der Waals surface area (Å²) in [5.41, 5.74) is 10.8. The van der Waals surface area contributed by atoms with Crippen LogP contribution in [0.1, 0.15) is 10.4 Å². The second kappa shape index (κ2) is 8.26. The number of hydrogen-bond acceptors (Lipinski definition) is 5. The van der Waals surface area contributed by atoms with E-state index in [1.807, 2.05) is 12.1 Å². The van der Waals surface area contributed by atoms with Gasteiger partial charge >= 0.3 is 58.2 Å². The largest absolute Gasteiger partial charge is 1.00 e. The van der Waals surface area contributed by atoms with E-state index in [9.17, 15) is 9.59 Å². The van der Waals surface area contributed by atoms with E-state index in [0.29, 0.717) is 11.2 Å². The first-order chi connectivity index (χ1) is 12.6. The van der Waals surface area contributed by atoms with Crippen molar-refractivity contribution in [1.82, 2.24) is 19.6 Å². The molecular weight excluding hydrogens is 418 g/mol. The molecule has 4 rings (SSSR count). The Hall–Kier alpha value is -2.13. The second-order valence-electron chi connectivity index (χ2n) is 5.60. The molecule has 0 spiro atoms. The van der Waals surface area contributed by atoms with Crippen LogP contribution in [-0.4, -0.2) is 25.5 Å². The fraction of sp³-hybridized carbons (Fsp3) is 0. The molecule has 128 valence electrons. The monoisotopic (exact) mass is 430 g/mol. The number of nitrogens with one attached hydrogen (secondary N) is 3. The number of carbonyl (C=O) groups is 1. The number of nitrogens with zero attached hydrogens (tertiary/aromatic N) is 3. The van der Waals surface area contributed by atoms with Crippen molar-refractivity contribution in [2.24, 2.45) is 0 Å². The van der Waals surface area contributed by atoms with Crippen molar-refractivity contribution < 1.29 is 63.0 Å². The van der Waals surface area contributed by atoms with Crippen LogP contribution in [0.5, 0.6) is 0 Å². The van der Waals surface area contributed by atoms with E-state index in [1.54, 1.807) is 41.0 Å². The van der Waals surface area contributed by atoms with Crippen LogP contribution in [0.15, 0.2) is 65.8 Å². The Kier molecular flexibility index (Phi) is 6.00. The van der Waals surface area contributed by atoms with Crippen molar-refractivity contribution in [1.29, 1.82) is 0 Å². The first-order valence-electron chi connectivity index (χ1n) is 7.77. The number of pyridine rings is 2. The Bertz CT molecular complexity index is 1170. The second-order valence-corrected chi connectivity index (χ2v) is 5.60. The van der Waals surface area contributed by atoms with Crippen LogP contribution in [-0.2, 0) is 0 Å². The quantitative estimate of drug-likeness (QED) is 0.473. The Balaban J connectivity index is 0.00000210. The average Bonchev–Trinajstić information content (AvgIpc) is 3.12. The number of hydrogen-bond donors (Lipinski definition) is 2. The van der Waals surface area contributed by atoms with Gasteiger partial charge in [-0.2, -0.15) is 5.10 Å². The summed E-state index contributed by atoms with van der Waals surface area (Å²) in [4.78, 5) is 29.5. The molecule has 0 aliphatic carbocycles. The van der Waals surface area contributed by atoms with Crippen LogP contribution in [0.25, 0.3) is 22.6 Å². The van der Waals surface area contributed by atoms with Gasteiger partial charge in [-0.25, -0.2) is 9.50 Å².